The van der Waals surface area contributed by atoms with E-state index in [0.29, 0.717) is 24.1 Å². The van der Waals surface area contributed by atoms with E-state index in [9.17, 15) is 8.42 Å². The van der Waals surface area contributed by atoms with Gasteiger partial charge < -0.3 is 5.32 Å². The highest BCUT2D eigenvalue weighted by molar-refractivity contribution is 7.90. The third-order valence-corrected chi connectivity index (χ3v) is 5.86. The fraction of sp³-hybridized carbons (Fsp3) is 0.375. The minimum absolute atomic E-state index is 0.239. The molecular weight excluding hydrogens is 326 g/mol. The molecule has 1 aromatic carbocycles. The van der Waals surface area contributed by atoms with Crippen LogP contribution in [0.5, 0.6) is 0 Å². The highest BCUT2D eigenvalue weighted by Gasteiger charge is 2.29. The fourth-order valence-corrected chi connectivity index (χ4v) is 4.50. The van der Waals surface area contributed by atoms with E-state index in [-0.39, 0.29) is 4.90 Å². The van der Waals surface area contributed by atoms with E-state index in [2.05, 4.69) is 19.7 Å². The Kier molecular flexibility index (Phi) is 3.85. The molecule has 2 aromatic rings. The first kappa shape index (κ1) is 15.3. The van der Waals surface area contributed by atoms with Gasteiger partial charge in [0.1, 0.15) is 10.7 Å². The zero-order chi connectivity index (χ0) is 16.6. The van der Waals surface area contributed by atoms with Gasteiger partial charge in [-0.05, 0) is 37.6 Å². The Labute approximate surface area is 141 Å². The Morgan fingerprint density at radius 2 is 2.12 bits per heavy atom. The Bertz CT molecular complexity index is 860. The summed E-state index contributed by atoms with van der Waals surface area (Å²) in [6, 6.07) is 9.13. The van der Waals surface area contributed by atoms with Gasteiger partial charge >= 0.3 is 0 Å². The van der Waals surface area contributed by atoms with Crippen LogP contribution in [0.25, 0.3) is 0 Å². The van der Waals surface area contributed by atoms with Gasteiger partial charge in [0.25, 0.3) is 10.0 Å². The maximum absolute atomic E-state index is 12.3. The molecule has 1 aromatic heterocycles. The molecule has 1 N–H and O–H groups in total. The molecule has 1 fully saturated rings. The van der Waals surface area contributed by atoms with Crippen molar-refractivity contribution in [3.05, 3.63) is 42.7 Å². The molecule has 126 valence electrons. The number of nitrogens with one attached hydrogen (secondary N) is 1. The number of sulfonamides is 1. The molecule has 1 atom stereocenters. The van der Waals surface area contributed by atoms with Crippen LogP contribution >= 0.6 is 0 Å². The van der Waals surface area contributed by atoms with Gasteiger partial charge in [0.05, 0.1) is 18.8 Å². The van der Waals surface area contributed by atoms with Crippen molar-refractivity contribution in [2.24, 2.45) is 4.40 Å². The second-order valence-corrected chi connectivity index (χ2v) is 7.70. The van der Waals surface area contributed by atoms with Crippen LogP contribution in [0.2, 0.25) is 0 Å². The van der Waals surface area contributed by atoms with Crippen LogP contribution in [-0.4, -0.2) is 48.1 Å². The molecule has 0 aliphatic carbocycles. The normalized spacial score (nSPS) is 22.7. The average Bonchev–Trinajstić information content (AvgIpc) is 3.20. The summed E-state index contributed by atoms with van der Waals surface area (Å²) < 4.78 is 30.6. The summed E-state index contributed by atoms with van der Waals surface area (Å²) in [5.41, 5.74) is 0.602. The van der Waals surface area contributed by atoms with E-state index >= 15 is 0 Å². The zero-order valence-electron chi connectivity index (χ0n) is 13.2. The van der Waals surface area contributed by atoms with Crippen molar-refractivity contribution in [3.8, 4) is 0 Å². The number of nitrogens with zero attached hydrogens (tertiary/aromatic N) is 4. The Morgan fingerprint density at radius 3 is 2.96 bits per heavy atom. The number of benzene rings is 1. The number of likely N-dealkylation sites (tertiary alicyclic amines) is 1. The van der Waals surface area contributed by atoms with Crippen LogP contribution in [0.1, 0.15) is 12.8 Å². The van der Waals surface area contributed by atoms with Gasteiger partial charge in [0.2, 0.25) is 0 Å². The predicted molar refractivity (Wildman–Crippen MR) is 91.5 cm³/mol. The summed E-state index contributed by atoms with van der Waals surface area (Å²) in [7, 11) is -3.62. The van der Waals surface area contributed by atoms with Crippen LogP contribution < -0.4 is 5.32 Å². The molecule has 0 saturated carbocycles. The Hall–Kier alpha value is -2.19. The molecule has 7 nitrogen and oxygen atoms in total. The van der Waals surface area contributed by atoms with Gasteiger partial charge in [-0.2, -0.15) is 13.5 Å². The molecule has 2 aliphatic rings. The standard InChI is InChI=1S/C16H19N5O2S/c22-24(23)15-7-2-1-6-14(15)18-16(19-24)12-20-9-3-5-13(20)11-21-10-4-8-17-21/h1-2,4,6-8,10,13H,3,5,9,11-12H2,(H,18,19)/t13-/m0/s1. The fourth-order valence-electron chi connectivity index (χ4n) is 3.36. The third-order valence-electron chi connectivity index (χ3n) is 4.48. The average molecular weight is 345 g/mol. The van der Waals surface area contributed by atoms with Crippen molar-refractivity contribution in [1.29, 1.82) is 0 Å². The van der Waals surface area contributed by atoms with E-state index in [4.69, 9.17) is 0 Å². The van der Waals surface area contributed by atoms with E-state index in [1.807, 2.05) is 23.0 Å². The minimum atomic E-state index is -3.62. The molecule has 4 rings (SSSR count). The zero-order valence-corrected chi connectivity index (χ0v) is 14.0. The number of para-hydroxylation sites is 1. The maximum Gasteiger partial charge on any atom is 0.286 e. The summed E-state index contributed by atoms with van der Waals surface area (Å²) in [6.07, 6.45) is 5.90. The molecule has 0 radical (unpaired) electrons. The first-order valence-electron chi connectivity index (χ1n) is 8.03. The Morgan fingerprint density at radius 1 is 1.25 bits per heavy atom. The highest BCUT2D eigenvalue weighted by atomic mass is 32.2. The van der Waals surface area contributed by atoms with E-state index in [1.165, 1.54) is 0 Å². The van der Waals surface area contributed by atoms with Gasteiger partial charge in [-0.15, -0.1) is 4.40 Å². The summed E-state index contributed by atoms with van der Waals surface area (Å²) >= 11 is 0. The molecule has 3 heterocycles. The van der Waals surface area contributed by atoms with Crippen LogP contribution in [0.4, 0.5) is 5.69 Å². The largest absolute Gasteiger partial charge is 0.341 e. The lowest BCUT2D eigenvalue weighted by molar-refractivity contribution is 0.256. The summed E-state index contributed by atoms with van der Waals surface area (Å²) in [4.78, 5) is 2.51. The van der Waals surface area contributed by atoms with Crippen LogP contribution in [0.15, 0.2) is 52.0 Å². The number of hydrogen-bond acceptors (Lipinski definition) is 5. The second kappa shape index (κ2) is 6.03. The van der Waals surface area contributed by atoms with Gasteiger partial charge in [-0.25, -0.2) is 0 Å². The monoisotopic (exact) mass is 345 g/mol. The quantitative estimate of drug-likeness (QED) is 0.910. The number of fused-ring (bicyclic) bond motifs is 1. The van der Waals surface area contributed by atoms with Crippen molar-refractivity contribution < 1.29 is 8.42 Å². The molecule has 2 aliphatic heterocycles. The molecule has 1 saturated heterocycles. The molecular formula is C16H19N5O2S. The van der Waals surface area contributed by atoms with Crippen molar-refractivity contribution in [2.45, 2.75) is 30.3 Å². The summed E-state index contributed by atoms with van der Waals surface area (Å²) in [5.74, 6) is 0.487. The van der Waals surface area contributed by atoms with Gasteiger partial charge in [0, 0.05) is 18.4 Å². The highest BCUT2D eigenvalue weighted by Crippen LogP contribution is 2.27. The number of rotatable bonds is 4. The van der Waals surface area contributed by atoms with Crippen LogP contribution in [-0.2, 0) is 16.6 Å². The lowest BCUT2D eigenvalue weighted by Gasteiger charge is -2.27. The van der Waals surface area contributed by atoms with E-state index < -0.39 is 10.0 Å². The number of hydrogen-bond donors (Lipinski definition) is 1. The Balaban J connectivity index is 1.52. The van der Waals surface area contributed by atoms with E-state index in [0.717, 1.165) is 25.9 Å². The lowest BCUT2D eigenvalue weighted by atomic mass is 10.2. The molecule has 0 unspecified atom stereocenters. The predicted octanol–water partition coefficient (Wildman–Crippen LogP) is 1.56. The lowest BCUT2D eigenvalue weighted by Crippen LogP contribution is -2.40. The number of amidine groups is 1. The topological polar surface area (TPSA) is 79.6 Å². The van der Waals surface area contributed by atoms with Crippen molar-refractivity contribution in [1.82, 2.24) is 14.7 Å². The molecule has 0 spiro atoms. The molecule has 8 heteroatoms. The second-order valence-electron chi connectivity index (χ2n) is 6.13. The van der Waals surface area contributed by atoms with Crippen LogP contribution in [0.3, 0.4) is 0 Å². The van der Waals surface area contributed by atoms with Gasteiger partial charge in [-0.3, -0.25) is 9.58 Å². The number of aromatic nitrogens is 2. The summed E-state index contributed by atoms with van der Waals surface area (Å²) in [6.45, 7) is 2.25. The molecule has 24 heavy (non-hydrogen) atoms. The van der Waals surface area contributed by atoms with Crippen LogP contribution in [0, 0.1) is 0 Å². The first-order chi connectivity index (χ1) is 11.6. The van der Waals surface area contributed by atoms with Gasteiger partial charge in [-0.1, -0.05) is 12.1 Å². The molecule has 0 bridgehead atoms. The maximum atomic E-state index is 12.3. The van der Waals surface area contributed by atoms with Crippen molar-refractivity contribution in [3.63, 3.8) is 0 Å². The van der Waals surface area contributed by atoms with Crippen molar-refractivity contribution >= 4 is 21.5 Å². The molecule has 0 amide bonds. The van der Waals surface area contributed by atoms with Gasteiger partial charge in [0.15, 0.2) is 0 Å². The number of anilines is 1. The smallest absolute Gasteiger partial charge is 0.286 e. The van der Waals surface area contributed by atoms with Crippen molar-refractivity contribution in [2.75, 3.05) is 18.4 Å². The minimum Gasteiger partial charge on any atom is -0.341 e. The first-order valence-corrected chi connectivity index (χ1v) is 9.47. The SMILES string of the molecule is O=S1(=O)N=C(CN2CCC[C@H]2Cn2cccn2)Nc2ccccc21. The van der Waals surface area contributed by atoms with E-state index in [1.54, 1.807) is 24.4 Å². The third kappa shape index (κ3) is 2.94. The summed E-state index contributed by atoms with van der Waals surface area (Å²) in [5, 5.41) is 7.43.